The standard InChI is InChI=1S/C21H22N2O/c1-16-4-6-20-17(14-16)8-12-22(20)10-3-11-23-13-9-18-15-19(24-2)5-7-21(18)23/h4-9,12-15H,3,10-11H2,1-2H3. The normalized spacial score (nSPS) is 11.4. The van der Waals surface area contributed by atoms with E-state index in [2.05, 4.69) is 70.9 Å². The van der Waals surface area contributed by atoms with Crippen molar-refractivity contribution in [3.63, 3.8) is 0 Å². The summed E-state index contributed by atoms with van der Waals surface area (Å²) in [6, 6.07) is 17.3. The van der Waals surface area contributed by atoms with E-state index in [-0.39, 0.29) is 0 Å². The van der Waals surface area contributed by atoms with Crippen molar-refractivity contribution in [2.24, 2.45) is 0 Å². The van der Waals surface area contributed by atoms with Crippen LogP contribution in [0.25, 0.3) is 21.8 Å². The zero-order chi connectivity index (χ0) is 16.5. The molecule has 0 N–H and O–H groups in total. The summed E-state index contributed by atoms with van der Waals surface area (Å²) in [5.41, 5.74) is 3.90. The molecule has 0 aliphatic heterocycles. The third kappa shape index (κ3) is 2.67. The fourth-order valence-electron chi connectivity index (χ4n) is 3.43. The SMILES string of the molecule is COc1ccc2c(ccn2CCCn2ccc3cc(C)ccc32)c1. The van der Waals surface area contributed by atoms with Gasteiger partial charge in [-0.1, -0.05) is 11.6 Å². The summed E-state index contributed by atoms with van der Waals surface area (Å²) in [5, 5.41) is 2.56. The summed E-state index contributed by atoms with van der Waals surface area (Å²) in [4.78, 5) is 0. The Morgan fingerprint density at radius 2 is 1.42 bits per heavy atom. The van der Waals surface area contributed by atoms with E-state index in [0.29, 0.717) is 0 Å². The Labute approximate surface area is 142 Å². The molecule has 0 radical (unpaired) electrons. The molecule has 0 saturated heterocycles. The van der Waals surface area contributed by atoms with Gasteiger partial charge < -0.3 is 13.9 Å². The van der Waals surface area contributed by atoms with Crippen LogP contribution in [0.2, 0.25) is 0 Å². The van der Waals surface area contributed by atoms with E-state index in [1.807, 2.05) is 6.07 Å². The van der Waals surface area contributed by atoms with E-state index in [0.717, 1.165) is 25.3 Å². The van der Waals surface area contributed by atoms with Crippen LogP contribution in [-0.2, 0) is 13.1 Å². The smallest absolute Gasteiger partial charge is 0.119 e. The topological polar surface area (TPSA) is 19.1 Å². The van der Waals surface area contributed by atoms with Crippen LogP contribution in [0.5, 0.6) is 5.75 Å². The van der Waals surface area contributed by atoms with Crippen molar-refractivity contribution < 1.29 is 4.74 Å². The molecular formula is C21H22N2O. The number of fused-ring (bicyclic) bond motifs is 2. The van der Waals surface area contributed by atoms with Crippen LogP contribution in [0, 0.1) is 6.92 Å². The van der Waals surface area contributed by atoms with Crippen molar-refractivity contribution in [1.82, 2.24) is 9.13 Å². The molecule has 4 rings (SSSR count). The summed E-state index contributed by atoms with van der Waals surface area (Å²) in [5.74, 6) is 0.911. The molecule has 0 fully saturated rings. The van der Waals surface area contributed by atoms with Gasteiger partial charge in [0.25, 0.3) is 0 Å². The molecule has 0 unspecified atom stereocenters. The first-order valence-corrected chi connectivity index (χ1v) is 8.43. The molecule has 0 saturated carbocycles. The lowest BCUT2D eigenvalue weighted by Crippen LogP contribution is -2.02. The van der Waals surface area contributed by atoms with Gasteiger partial charge in [0.1, 0.15) is 5.75 Å². The fraction of sp³-hybridized carbons (Fsp3) is 0.238. The average Bonchev–Trinajstić information content (AvgIpc) is 3.18. The number of benzene rings is 2. The fourth-order valence-corrected chi connectivity index (χ4v) is 3.43. The molecule has 0 spiro atoms. The van der Waals surface area contributed by atoms with Crippen LogP contribution in [0.15, 0.2) is 60.9 Å². The van der Waals surface area contributed by atoms with Gasteiger partial charge in [0, 0.05) is 41.9 Å². The van der Waals surface area contributed by atoms with Crippen LogP contribution < -0.4 is 4.74 Å². The van der Waals surface area contributed by atoms with Gasteiger partial charge in [-0.2, -0.15) is 0 Å². The summed E-state index contributed by atoms with van der Waals surface area (Å²) >= 11 is 0. The first kappa shape index (κ1) is 14.9. The minimum atomic E-state index is 0.911. The summed E-state index contributed by atoms with van der Waals surface area (Å²) in [6.07, 6.45) is 5.47. The largest absolute Gasteiger partial charge is 0.497 e. The van der Waals surface area contributed by atoms with Crippen molar-refractivity contribution in [1.29, 1.82) is 0 Å². The minimum Gasteiger partial charge on any atom is -0.497 e. The molecule has 2 aromatic carbocycles. The van der Waals surface area contributed by atoms with Gasteiger partial charge in [0.2, 0.25) is 0 Å². The summed E-state index contributed by atoms with van der Waals surface area (Å²) in [7, 11) is 1.71. The van der Waals surface area contributed by atoms with Crippen LogP contribution in [-0.4, -0.2) is 16.2 Å². The molecular weight excluding hydrogens is 296 g/mol. The number of ether oxygens (including phenoxy) is 1. The second-order valence-electron chi connectivity index (χ2n) is 6.36. The Balaban J connectivity index is 1.49. The van der Waals surface area contributed by atoms with E-state index in [1.165, 1.54) is 27.4 Å². The van der Waals surface area contributed by atoms with E-state index < -0.39 is 0 Å². The highest BCUT2D eigenvalue weighted by molar-refractivity contribution is 5.82. The number of nitrogens with zero attached hydrogens (tertiary/aromatic N) is 2. The predicted molar refractivity (Wildman–Crippen MR) is 99.8 cm³/mol. The second-order valence-corrected chi connectivity index (χ2v) is 6.36. The molecule has 0 aliphatic carbocycles. The molecule has 2 heterocycles. The summed E-state index contributed by atoms with van der Waals surface area (Å²) in [6.45, 7) is 4.19. The van der Waals surface area contributed by atoms with E-state index in [4.69, 9.17) is 4.74 Å². The van der Waals surface area contributed by atoms with Crippen molar-refractivity contribution in [2.45, 2.75) is 26.4 Å². The zero-order valence-corrected chi connectivity index (χ0v) is 14.2. The molecule has 3 heteroatoms. The molecule has 122 valence electrons. The van der Waals surface area contributed by atoms with Crippen LogP contribution in [0.4, 0.5) is 0 Å². The molecule has 4 aromatic rings. The first-order chi connectivity index (χ1) is 11.7. The van der Waals surface area contributed by atoms with Gasteiger partial charge in [-0.3, -0.25) is 0 Å². The lowest BCUT2D eigenvalue weighted by Gasteiger charge is -2.08. The van der Waals surface area contributed by atoms with Gasteiger partial charge in [-0.25, -0.2) is 0 Å². The molecule has 0 amide bonds. The number of rotatable bonds is 5. The quantitative estimate of drug-likeness (QED) is 0.506. The predicted octanol–water partition coefficient (Wildman–Crippen LogP) is 5.00. The van der Waals surface area contributed by atoms with Crippen molar-refractivity contribution >= 4 is 21.8 Å². The molecule has 0 atom stereocenters. The highest BCUT2D eigenvalue weighted by Gasteiger charge is 2.04. The van der Waals surface area contributed by atoms with Gasteiger partial charge >= 0.3 is 0 Å². The van der Waals surface area contributed by atoms with Gasteiger partial charge in [0.05, 0.1) is 7.11 Å². The molecule has 24 heavy (non-hydrogen) atoms. The number of hydrogen-bond acceptors (Lipinski definition) is 1. The molecule has 2 aromatic heterocycles. The van der Waals surface area contributed by atoms with Crippen molar-refractivity contribution in [3.8, 4) is 5.75 Å². The second kappa shape index (κ2) is 6.08. The van der Waals surface area contributed by atoms with Crippen LogP contribution in [0.1, 0.15) is 12.0 Å². The number of aromatic nitrogens is 2. The van der Waals surface area contributed by atoms with Crippen LogP contribution in [0.3, 0.4) is 0 Å². The van der Waals surface area contributed by atoms with E-state index >= 15 is 0 Å². The highest BCUT2D eigenvalue weighted by Crippen LogP contribution is 2.22. The molecule has 0 aliphatic rings. The first-order valence-electron chi connectivity index (χ1n) is 8.43. The average molecular weight is 318 g/mol. The lowest BCUT2D eigenvalue weighted by molar-refractivity contribution is 0.415. The zero-order valence-electron chi connectivity index (χ0n) is 14.2. The van der Waals surface area contributed by atoms with E-state index in [9.17, 15) is 0 Å². The third-order valence-electron chi connectivity index (χ3n) is 4.70. The van der Waals surface area contributed by atoms with Gasteiger partial charge in [0.15, 0.2) is 0 Å². The van der Waals surface area contributed by atoms with E-state index in [1.54, 1.807) is 7.11 Å². The molecule has 0 bridgehead atoms. The lowest BCUT2D eigenvalue weighted by atomic mass is 10.2. The number of methoxy groups -OCH3 is 1. The monoisotopic (exact) mass is 318 g/mol. The summed E-state index contributed by atoms with van der Waals surface area (Å²) < 4.78 is 9.97. The number of hydrogen-bond donors (Lipinski definition) is 0. The number of aryl methyl sites for hydroxylation is 3. The Kier molecular flexibility index (Phi) is 3.77. The maximum absolute atomic E-state index is 5.30. The Morgan fingerprint density at radius 1 is 0.792 bits per heavy atom. The maximum Gasteiger partial charge on any atom is 0.119 e. The maximum atomic E-state index is 5.30. The van der Waals surface area contributed by atoms with Gasteiger partial charge in [-0.15, -0.1) is 0 Å². The Hall–Kier alpha value is -2.68. The van der Waals surface area contributed by atoms with Crippen molar-refractivity contribution in [3.05, 3.63) is 66.5 Å². The Bertz CT molecular complexity index is 994. The highest BCUT2D eigenvalue weighted by atomic mass is 16.5. The minimum absolute atomic E-state index is 0.911. The van der Waals surface area contributed by atoms with Gasteiger partial charge in [-0.05, 0) is 61.2 Å². The third-order valence-corrected chi connectivity index (χ3v) is 4.70. The Morgan fingerprint density at radius 3 is 2.08 bits per heavy atom. The van der Waals surface area contributed by atoms with Crippen molar-refractivity contribution in [2.75, 3.05) is 7.11 Å². The van der Waals surface area contributed by atoms with Crippen LogP contribution >= 0.6 is 0 Å². The molecule has 3 nitrogen and oxygen atoms in total.